The molecule has 5 nitrogen and oxygen atoms in total. The number of rotatable bonds is 5. The van der Waals surface area contributed by atoms with Gasteiger partial charge in [0.1, 0.15) is 6.54 Å². The lowest BCUT2D eigenvalue weighted by Gasteiger charge is -2.17. The molecule has 1 N–H and O–H groups in total. The molecular formula is C11H10BrNO4S. The Hall–Kier alpha value is -1.36. The number of hydrogen-bond donors (Lipinski definition) is 1. The maximum absolute atomic E-state index is 12.2. The van der Waals surface area contributed by atoms with Gasteiger partial charge in [0.2, 0.25) is 10.0 Å². The van der Waals surface area contributed by atoms with Crippen LogP contribution in [0.15, 0.2) is 33.6 Å². The minimum absolute atomic E-state index is 0.00613. The number of aliphatic carboxylic acids is 1. The van der Waals surface area contributed by atoms with E-state index in [0.29, 0.717) is 4.47 Å². The van der Waals surface area contributed by atoms with Gasteiger partial charge >= 0.3 is 5.97 Å². The number of halogens is 1. The molecular weight excluding hydrogens is 322 g/mol. The average molecular weight is 332 g/mol. The van der Waals surface area contributed by atoms with Crippen LogP contribution < -0.4 is 0 Å². The van der Waals surface area contributed by atoms with Crippen molar-refractivity contribution in [2.24, 2.45) is 0 Å². The van der Waals surface area contributed by atoms with Gasteiger partial charge in [0.05, 0.1) is 11.4 Å². The summed E-state index contributed by atoms with van der Waals surface area (Å²) in [5, 5.41) is 8.69. The van der Waals surface area contributed by atoms with Gasteiger partial charge in [-0.2, -0.15) is 4.31 Å². The summed E-state index contributed by atoms with van der Waals surface area (Å²) in [7, 11) is -3.90. The highest BCUT2D eigenvalue weighted by atomic mass is 79.9. The van der Waals surface area contributed by atoms with E-state index in [-0.39, 0.29) is 11.4 Å². The summed E-state index contributed by atoms with van der Waals surface area (Å²) in [4.78, 5) is 10.6. The van der Waals surface area contributed by atoms with Crippen LogP contribution in [0.25, 0.3) is 0 Å². The molecule has 0 aliphatic heterocycles. The number of sulfonamides is 1. The largest absolute Gasteiger partial charge is 0.480 e. The quantitative estimate of drug-likeness (QED) is 0.821. The molecule has 0 fully saturated rings. The van der Waals surface area contributed by atoms with Crippen molar-refractivity contribution in [2.75, 3.05) is 13.1 Å². The van der Waals surface area contributed by atoms with E-state index in [9.17, 15) is 13.2 Å². The van der Waals surface area contributed by atoms with Crippen LogP contribution in [0.4, 0.5) is 0 Å². The highest BCUT2D eigenvalue weighted by molar-refractivity contribution is 9.10. The van der Waals surface area contributed by atoms with Crippen molar-refractivity contribution in [2.45, 2.75) is 4.90 Å². The van der Waals surface area contributed by atoms with Crippen LogP contribution in [0.2, 0.25) is 0 Å². The second kappa shape index (κ2) is 6.00. The molecule has 0 aliphatic rings. The fourth-order valence-corrected chi connectivity index (χ4v) is 3.16. The molecule has 0 aliphatic carbocycles. The molecule has 0 aromatic heterocycles. The molecule has 0 bridgehead atoms. The number of terminal acetylenes is 1. The Kier molecular flexibility index (Phi) is 4.90. The molecule has 0 amide bonds. The maximum atomic E-state index is 12.2. The van der Waals surface area contributed by atoms with Gasteiger partial charge in [-0.15, -0.1) is 6.42 Å². The zero-order chi connectivity index (χ0) is 13.8. The highest BCUT2D eigenvalue weighted by Gasteiger charge is 2.25. The van der Waals surface area contributed by atoms with Crippen molar-refractivity contribution in [3.05, 3.63) is 28.7 Å². The van der Waals surface area contributed by atoms with E-state index >= 15 is 0 Å². The minimum Gasteiger partial charge on any atom is -0.480 e. The SMILES string of the molecule is C#CCN(CC(=O)O)S(=O)(=O)c1cccc(Br)c1. The Morgan fingerprint density at radius 1 is 1.50 bits per heavy atom. The first-order chi connectivity index (χ1) is 8.37. The van der Waals surface area contributed by atoms with Crippen LogP contribution >= 0.6 is 15.9 Å². The third-order valence-corrected chi connectivity index (χ3v) is 4.29. The van der Waals surface area contributed by atoms with Crippen LogP contribution in [0.1, 0.15) is 0 Å². The standard InChI is InChI=1S/C11H10BrNO4S/c1-2-6-13(8-11(14)15)18(16,17)10-5-3-4-9(12)7-10/h1,3-5,7H,6,8H2,(H,14,15). The zero-order valence-electron chi connectivity index (χ0n) is 9.21. The van der Waals surface area contributed by atoms with Crippen LogP contribution in [-0.4, -0.2) is 36.9 Å². The highest BCUT2D eigenvalue weighted by Crippen LogP contribution is 2.19. The lowest BCUT2D eigenvalue weighted by molar-refractivity contribution is -0.137. The predicted octanol–water partition coefficient (Wildman–Crippen LogP) is 1.16. The Labute approximate surface area is 114 Å². The van der Waals surface area contributed by atoms with Crippen molar-refractivity contribution < 1.29 is 18.3 Å². The number of carboxylic acids is 1. The molecule has 7 heteroatoms. The van der Waals surface area contributed by atoms with Crippen molar-refractivity contribution in [3.8, 4) is 12.3 Å². The van der Waals surface area contributed by atoms with Gasteiger partial charge in [0, 0.05) is 4.47 Å². The van der Waals surface area contributed by atoms with E-state index in [1.54, 1.807) is 12.1 Å². The van der Waals surface area contributed by atoms with Gasteiger partial charge in [-0.25, -0.2) is 8.42 Å². The first kappa shape index (κ1) is 14.7. The summed E-state index contributed by atoms with van der Waals surface area (Å²) in [5.74, 6) is 0.875. The Bertz CT molecular complexity index is 591. The number of carbonyl (C=O) groups is 1. The molecule has 0 saturated carbocycles. The molecule has 96 valence electrons. The minimum atomic E-state index is -3.90. The normalized spacial score (nSPS) is 11.2. The number of carboxylic acid groups (broad SMARTS) is 1. The van der Waals surface area contributed by atoms with Gasteiger partial charge < -0.3 is 5.11 Å². The molecule has 0 heterocycles. The summed E-state index contributed by atoms with van der Waals surface area (Å²) < 4.78 is 25.6. The maximum Gasteiger partial charge on any atom is 0.318 e. The lowest BCUT2D eigenvalue weighted by Crippen LogP contribution is -2.35. The fourth-order valence-electron chi connectivity index (χ4n) is 1.26. The molecule has 0 spiro atoms. The number of benzene rings is 1. The van der Waals surface area contributed by atoms with Crippen molar-refractivity contribution in [3.63, 3.8) is 0 Å². The Morgan fingerprint density at radius 2 is 2.17 bits per heavy atom. The fraction of sp³-hybridized carbons (Fsp3) is 0.182. The summed E-state index contributed by atoms with van der Waals surface area (Å²) in [6.07, 6.45) is 5.05. The Morgan fingerprint density at radius 3 is 2.67 bits per heavy atom. The third-order valence-electron chi connectivity index (χ3n) is 2.01. The predicted molar refractivity (Wildman–Crippen MR) is 69.4 cm³/mol. The molecule has 0 atom stereocenters. The second-order valence-electron chi connectivity index (χ2n) is 3.33. The summed E-state index contributed by atoms with van der Waals surface area (Å²) in [6, 6.07) is 5.99. The third kappa shape index (κ3) is 3.57. The average Bonchev–Trinajstić information content (AvgIpc) is 2.28. The van der Waals surface area contributed by atoms with Crippen LogP contribution in [0, 0.1) is 12.3 Å². The van der Waals surface area contributed by atoms with Gasteiger partial charge in [-0.1, -0.05) is 27.9 Å². The smallest absolute Gasteiger partial charge is 0.318 e. The van der Waals surface area contributed by atoms with Crippen LogP contribution in [0.5, 0.6) is 0 Å². The van der Waals surface area contributed by atoms with Gasteiger partial charge in [-0.3, -0.25) is 4.79 Å². The first-order valence-electron chi connectivity index (χ1n) is 4.79. The van der Waals surface area contributed by atoms with Crippen molar-refractivity contribution >= 4 is 31.9 Å². The van der Waals surface area contributed by atoms with E-state index in [1.165, 1.54) is 12.1 Å². The summed E-state index contributed by atoms with van der Waals surface area (Å²) in [5.41, 5.74) is 0. The molecule has 0 unspecified atom stereocenters. The zero-order valence-corrected chi connectivity index (χ0v) is 11.6. The van der Waals surface area contributed by atoms with E-state index < -0.39 is 22.5 Å². The molecule has 0 radical (unpaired) electrons. The van der Waals surface area contributed by atoms with Gasteiger partial charge in [0.25, 0.3) is 0 Å². The number of nitrogens with zero attached hydrogens (tertiary/aromatic N) is 1. The molecule has 1 aromatic rings. The van der Waals surface area contributed by atoms with E-state index in [1.807, 2.05) is 0 Å². The number of hydrogen-bond acceptors (Lipinski definition) is 3. The van der Waals surface area contributed by atoms with Crippen molar-refractivity contribution in [1.82, 2.24) is 4.31 Å². The van der Waals surface area contributed by atoms with Crippen molar-refractivity contribution in [1.29, 1.82) is 0 Å². The van der Waals surface area contributed by atoms with E-state index in [2.05, 4.69) is 21.9 Å². The van der Waals surface area contributed by atoms with E-state index in [0.717, 1.165) is 4.31 Å². The molecule has 1 rings (SSSR count). The topological polar surface area (TPSA) is 74.7 Å². The monoisotopic (exact) mass is 331 g/mol. The second-order valence-corrected chi connectivity index (χ2v) is 6.18. The van der Waals surface area contributed by atoms with Gasteiger partial charge in [-0.05, 0) is 18.2 Å². The van der Waals surface area contributed by atoms with Crippen LogP contribution in [0.3, 0.4) is 0 Å². The van der Waals surface area contributed by atoms with Crippen LogP contribution in [-0.2, 0) is 14.8 Å². The molecule has 18 heavy (non-hydrogen) atoms. The lowest BCUT2D eigenvalue weighted by atomic mass is 10.4. The van der Waals surface area contributed by atoms with E-state index in [4.69, 9.17) is 11.5 Å². The molecule has 0 saturated heterocycles. The summed E-state index contributed by atoms with van der Waals surface area (Å²) in [6.45, 7) is -0.958. The van der Waals surface area contributed by atoms with Gasteiger partial charge in [0.15, 0.2) is 0 Å². The summed E-state index contributed by atoms with van der Waals surface area (Å²) >= 11 is 3.15. The Balaban J connectivity index is 3.17. The first-order valence-corrected chi connectivity index (χ1v) is 7.02. The molecule has 1 aromatic carbocycles.